The molecule has 2 amide bonds. The van der Waals surface area contributed by atoms with Crippen LogP contribution in [0.5, 0.6) is 5.75 Å². The van der Waals surface area contributed by atoms with E-state index in [2.05, 4.69) is 5.32 Å². The highest BCUT2D eigenvalue weighted by atomic mass is 16.5. The summed E-state index contributed by atoms with van der Waals surface area (Å²) in [4.78, 5) is 23.7. The highest BCUT2D eigenvalue weighted by molar-refractivity contribution is 5.82. The molecule has 1 unspecified atom stereocenters. The van der Waals surface area contributed by atoms with E-state index < -0.39 is 18.0 Å². The summed E-state index contributed by atoms with van der Waals surface area (Å²) in [6, 6.07) is 6.32. The molecule has 110 valence electrons. The summed E-state index contributed by atoms with van der Waals surface area (Å²) in [5.74, 6) is -0.263. The third-order valence-electron chi connectivity index (χ3n) is 3.08. The molecule has 0 aromatic heterocycles. The highest BCUT2D eigenvalue weighted by Crippen LogP contribution is 2.12. The Morgan fingerprint density at radius 1 is 1.45 bits per heavy atom. The summed E-state index contributed by atoms with van der Waals surface area (Å²) in [6.07, 6.45) is 0.651. The minimum atomic E-state index is -1.03. The Morgan fingerprint density at radius 3 is 2.75 bits per heavy atom. The maximum absolute atomic E-state index is 11.7. The van der Waals surface area contributed by atoms with Gasteiger partial charge in [0.25, 0.3) is 0 Å². The summed E-state index contributed by atoms with van der Waals surface area (Å²) in [5, 5.41) is 11.5. The number of hydrogen-bond acceptors (Lipinski definition) is 3. The first kappa shape index (κ1) is 15.8. The Balaban J connectivity index is 2.43. The molecule has 0 saturated carbocycles. The predicted octanol–water partition coefficient (Wildman–Crippen LogP) is 1.35. The van der Waals surface area contributed by atoms with Crippen molar-refractivity contribution in [3.63, 3.8) is 0 Å². The van der Waals surface area contributed by atoms with E-state index in [-0.39, 0.29) is 0 Å². The van der Waals surface area contributed by atoms with Crippen molar-refractivity contribution in [1.29, 1.82) is 0 Å². The van der Waals surface area contributed by atoms with Gasteiger partial charge < -0.3 is 20.1 Å². The van der Waals surface area contributed by atoms with Gasteiger partial charge in [0.15, 0.2) is 0 Å². The van der Waals surface area contributed by atoms with Gasteiger partial charge in [-0.15, -0.1) is 0 Å². The Bertz CT molecular complexity index is 476. The number of methoxy groups -OCH3 is 1. The molecular weight excluding hydrogens is 260 g/mol. The van der Waals surface area contributed by atoms with Crippen LogP contribution in [0.15, 0.2) is 24.3 Å². The molecule has 0 fully saturated rings. The molecule has 6 nitrogen and oxygen atoms in total. The molecule has 1 aromatic carbocycles. The summed E-state index contributed by atoms with van der Waals surface area (Å²) in [6.45, 7) is 1.90. The van der Waals surface area contributed by atoms with Crippen molar-refractivity contribution < 1.29 is 19.4 Å². The normalized spacial score (nSPS) is 11.6. The largest absolute Gasteiger partial charge is 0.497 e. The Labute approximate surface area is 118 Å². The second kappa shape index (κ2) is 7.37. The van der Waals surface area contributed by atoms with Crippen LogP contribution in [0.25, 0.3) is 0 Å². The topological polar surface area (TPSA) is 78.9 Å². The SMILES string of the molecule is COc1cccc(CCNC(=O)N(C)C(C)C(=O)O)c1. The summed E-state index contributed by atoms with van der Waals surface area (Å²) >= 11 is 0. The second-order valence-corrected chi connectivity index (χ2v) is 4.46. The number of rotatable bonds is 6. The van der Waals surface area contributed by atoms with Crippen LogP contribution in [0.3, 0.4) is 0 Å². The first-order valence-corrected chi connectivity index (χ1v) is 6.32. The van der Waals surface area contributed by atoms with Crippen LogP contribution in [0.1, 0.15) is 12.5 Å². The minimum Gasteiger partial charge on any atom is -0.497 e. The van der Waals surface area contributed by atoms with E-state index >= 15 is 0 Å². The number of carboxylic acids is 1. The molecule has 20 heavy (non-hydrogen) atoms. The minimum absolute atomic E-state index is 0.400. The van der Waals surface area contributed by atoms with Crippen molar-refractivity contribution in [3.8, 4) is 5.75 Å². The van der Waals surface area contributed by atoms with Gasteiger partial charge in [-0.2, -0.15) is 0 Å². The van der Waals surface area contributed by atoms with E-state index in [1.54, 1.807) is 7.11 Å². The van der Waals surface area contributed by atoms with Crippen LogP contribution in [0.4, 0.5) is 4.79 Å². The number of aliphatic carboxylic acids is 1. The third kappa shape index (κ3) is 4.46. The standard InChI is InChI=1S/C14H20N2O4/c1-10(13(17)18)16(2)14(19)15-8-7-11-5-4-6-12(9-11)20-3/h4-6,9-10H,7-8H2,1-3H3,(H,15,19)(H,17,18). The molecule has 0 bridgehead atoms. The number of carboxylic acid groups (broad SMARTS) is 1. The third-order valence-corrected chi connectivity index (χ3v) is 3.08. The monoisotopic (exact) mass is 280 g/mol. The Morgan fingerprint density at radius 2 is 2.15 bits per heavy atom. The molecule has 2 N–H and O–H groups in total. The molecule has 1 aromatic rings. The van der Waals surface area contributed by atoms with E-state index in [0.717, 1.165) is 16.2 Å². The van der Waals surface area contributed by atoms with Crippen LogP contribution < -0.4 is 10.1 Å². The van der Waals surface area contributed by atoms with Gasteiger partial charge >= 0.3 is 12.0 Å². The summed E-state index contributed by atoms with van der Waals surface area (Å²) < 4.78 is 5.12. The average Bonchev–Trinajstić information content (AvgIpc) is 2.45. The number of nitrogens with one attached hydrogen (secondary N) is 1. The van der Waals surface area contributed by atoms with Crippen molar-refractivity contribution in [3.05, 3.63) is 29.8 Å². The summed E-state index contributed by atoms with van der Waals surface area (Å²) in [5.41, 5.74) is 1.04. The number of nitrogens with zero attached hydrogens (tertiary/aromatic N) is 1. The number of carbonyl (C=O) groups is 2. The van der Waals surface area contributed by atoms with E-state index in [9.17, 15) is 9.59 Å². The van der Waals surface area contributed by atoms with Crippen LogP contribution in [-0.4, -0.2) is 48.8 Å². The van der Waals surface area contributed by atoms with Gasteiger partial charge in [0.05, 0.1) is 7.11 Å². The summed E-state index contributed by atoms with van der Waals surface area (Å²) in [7, 11) is 3.06. The Hall–Kier alpha value is -2.24. The lowest BCUT2D eigenvalue weighted by atomic mass is 10.1. The smallest absolute Gasteiger partial charge is 0.326 e. The van der Waals surface area contributed by atoms with E-state index in [4.69, 9.17) is 9.84 Å². The maximum atomic E-state index is 11.7. The molecule has 1 atom stereocenters. The highest BCUT2D eigenvalue weighted by Gasteiger charge is 2.20. The number of hydrogen-bond donors (Lipinski definition) is 2. The molecule has 0 radical (unpaired) electrons. The van der Waals surface area contributed by atoms with Crippen LogP contribution in [-0.2, 0) is 11.2 Å². The van der Waals surface area contributed by atoms with Crippen molar-refractivity contribution in [1.82, 2.24) is 10.2 Å². The lowest BCUT2D eigenvalue weighted by Crippen LogP contribution is -2.46. The molecule has 0 aliphatic carbocycles. The van der Waals surface area contributed by atoms with Gasteiger partial charge in [-0.1, -0.05) is 12.1 Å². The predicted molar refractivity (Wildman–Crippen MR) is 75.0 cm³/mol. The zero-order chi connectivity index (χ0) is 15.1. The zero-order valence-electron chi connectivity index (χ0n) is 11.9. The van der Waals surface area contributed by atoms with Crippen molar-refractivity contribution in [2.75, 3.05) is 20.7 Å². The second-order valence-electron chi connectivity index (χ2n) is 4.46. The lowest BCUT2D eigenvalue weighted by Gasteiger charge is -2.21. The molecule has 0 saturated heterocycles. The number of likely N-dealkylation sites (N-methyl/N-ethyl adjacent to an activating group) is 1. The van der Waals surface area contributed by atoms with Gasteiger partial charge in [-0.05, 0) is 31.0 Å². The van der Waals surface area contributed by atoms with Gasteiger partial charge in [-0.3, -0.25) is 0 Å². The van der Waals surface area contributed by atoms with Crippen molar-refractivity contribution in [2.45, 2.75) is 19.4 Å². The molecular formula is C14H20N2O4. The molecule has 0 spiro atoms. The Kier molecular flexibility index (Phi) is 5.83. The maximum Gasteiger partial charge on any atom is 0.326 e. The number of benzene rings is 1. The molecule has 6 heteroatoms. The van der Waals surface area contributed by atoms with Crippen LogP contribution >= 0.6 is 0 Å². The fraction of sp³-hybridized carbons (Fsp3) is 0.429. The fourth-order valence-electron chi connectivity index (χ4n) is 1.61. The number of carbonyl (C=O) groups excluding carboxylic acids is 1. The van der Waals surface area contributed by atoms with Crippen molar-refractivity contribution >= 4 is 12.0 Å². The van der Waals surface area contributed by atoms with Gasteiger partial charge in [0.2, 0.25) is 0 Å². The molecule has 0 heterocycles. The molecule has 0 aliphatic heterocycles. The first-order chi connectivity index (χ1) is 9.45. The van der Waals surface area contributed by atoms with E-state index in [1.165, 1.54) is 14.0 Å². The molecule has 0 aliphatic rings. The molecule has 1 rings (SSSR count). The van der Waals surface area contributed by atoms with Crippen LogP contribution in [0, 0.1) is 0 Å². The fourth-order valence-corrected chi connectivity index (χ4v) is 1.61. The first-order valence-electron chi connectivity index (χ1n) is 6.32. The van der Waals surface area contributed by atoms with Gasteiger partial charge in [0, 0.05) is 13.6 Å². The van der Waals surface area contributed by atoms with Gasteiger partial charge in [0.1, 0.15) is 11.8 Å². The number of amides is 2. The van der Waals surface area contributed by atoms with Crippen LogP contribution in [0.2, 0.25) is 0 Å². The lowest BCUT2D eigenvalue weighted by molar-refractivity contribution is -0.141. The van der Waals surface area contributed by atoms with Crippen molar-refractivity contribution in [2.24, 2.45) is 0 Å². The number of urea groups is 1. The quantitative estimate of drug-likeness (QED) is 0.824. The zero-order valence-corrected chi connectivity index (χ0v) is 11.9. The number of ether oxygens (including phenoxy) is 1. The average molecular weight is 280 g/mol. The van der Waals surface area contributed by atoms with Gasteiger partial charge in [-0.25, -0.2) is 9.59 Å². The van der Waals surface area contributed by atoms with E-state index in [0.29, 0.717) is 13.0 Å². The van der Waals surface area contributed by atoms with E-state index in [1.807, 2.05) is 24.3 Å².